The van der Waals surface area contributed by atoms with E-state index in [-0.39, 0.29) is 11.4 Å². The van der Waals surface area contributed by atoms with Crippen LogP contribution in [0.15, 0.2) is 34.7 Å². The van der Waals surface area contributed by atoms with Gasteiger partial charge in [-0.1, -0.05) is 39.3 Å². The summed E-state index contributed by atoms with van der Waals surface area (Å²) in [6.07, 6.45) is 5.98. The number of hydrogen-bond acceptors (Lipinski definition) is 3. The highest BCUT2D eigenvalue weighted by Gasteiger charge is 2.20. The van der Waals surface area contributed by atoms with Crippen LogP contribution >= 0.6 is 11.8 Å². The second kappa shape index (κ2) is 10.1. The Morgan fingerprint density at radius 3 is 2.44 bits per heavy atom. The molecule has 0 fully saturated rings. The zero-order chi connectivity index (χ0) is 19.0. The molecule has 0 N–H and O–H groups in total. The minimum Gasteiger partial charge on any atom is -0.426 e. The van der Waals surface area contributed by atoms with Gasteiger partial charge in [0, 0.05) is 17.4 Å². The molecule has 1 aromatic carbocycles. The number of allylic oxidation sites excluding steroid dienone is 2. The van der Waals surface area contributed by atoms with E-state index in [1.165, 1.54) is 36.7 Å². The fourth-order valence-electron chi connectivity index (χ4n) is 2.61. The van der Waals surface area contributed by atoms with Crippen molar-refractivity contribution in [3.8, 4) is 5.75 Å². The van der Waals surface area contributed by atoms with Gasteiger partial charge in [0.05, 0.1) is 0 Å². The van der Waals surface area contributed by atoms with Crippen LogP contribution in [0.1, 0.15) is 73.3 Å². The first-order valence-corrected chi connectivity index (χ1v) is 10.2. The quantitative estimate of drug-likeness (QED) is 0.221. The molecule has 1 aromatic rings. The van der Waals surface area contributed by atoms with Gasteiger partial charge in [0.25, 0.3) is 0 Å². The fraction of sp³-hybridized carbons (Fsp3) is 0.591. The number of carbonyl (C=O) groups is 1. The number of carbonyl (C=O) groups excluding carboxylic acids is 1. The second-order valence-corrected chi connectivity index (χ2v) is 9.27. The van der Waals surface area contributed by atoms with Crippen LogP contribution in [-0.4, -0.2) is 11.7 Å². The lowest BCUT2D eigenvalue weighted by molar-refractivity contribution is -0.131. The molecule has 140 valence electrons. The molecule has 0 heterocycles. The second-order valence-electron chi connectivity index (χ2n) is 8.10. The van der Waals surface area contributed by atoms with Crippen LogP contribution in [0, 0.1) is 5.92 Å². The molecular weight excluding hydrogens is 328 g/mol. The summed E-state index contributed by atoms with van der Waals surface area (Å²) in [6.45, 7) is 14.5. The van der Waals surface area contributed by atoms with Crippen LogP contribution in [0.3, 0.4) is 0 Å². The smallest absolute Gasteiger partial charge is 0.308 e. The van der Waals surface area contributed by atoms with E-state index in [9.17, 15) is 4.79 Å². The van der Waals surface area contributed by atoms with Crippen LogP contribution in [0.5, 0.6) is 5.75 Å². The first kappa shape index (κ1) is 21.8. The number of esters is 1. The molecule has 2 nitrogen and oxygen atoms in total. The van der Waals surface area contributed by atoms with E-state index in [2.05, 4.69) is 59.8 Å². The minimum absolute atomic E-state index is 0.0566. The highest BCUT2D eigenvalue weighted by atomic mass is 32.2. The minimum atomic E-state index is -0.268. The van der Waals surface area contributed by atoms with Gasteiger partial charge in [-0.2, -0.15) is 0 Å². The Labute approximate surface area is 158 Å². The van der Waals surface area contributed by atoms with Crippen molar-refractivity contribution < 1.29 is 9.53 Å². The standard InChI is InChI=1S/C22H34O2S/c1-16(2)9-8-10-17(3)13-14-25-19-11-12-21(24-18(4)23)20(15-19)22(5,6)7/h9,11-12,15,17H,8,10,13-14H2,1-7H3. The molecule has 1 unspecified atom stereocenters. The lowest BCUT2D eigenvalue weighted by atomic mass is 9.86. The molecule has 0 saturated heterocycles. The lowest BCUT2D eigenvalue weighted by Gasteiger charge is -2.23. The first-order valence-electron chi connectivity index (χ1n) is 9.18. The molecule has 3 heteroatoms. The zero-order valence-corrected chi connectivity index (χ0v) is 17.8. The van der Waals surface area contributed by atoms with Gasteiger partial charge in [-0.25, -0.2) is 0 Å². The van der Waals surface area contributed by atoms with E-state index in [1.807, 2.05) is 17.8 Å². The van der Waals surface area contributed by atoms with Crippen molar-refractivity contribution in [1.82, 2.24) is 0 Å². The number of ether oxygens (including phenoxy) is 1. The Kier molecular flexibility index (Phi) is 8.78. The van der Waals surface area contributed by atoms with Crippen molar-refractivity contribution in [3.63, 3.8) is 0 Å². The average Bonchev–Trinajstić information content (AvgIpc) is 2.46. The summed E-state index contributed by atoms with van der Waals surface area (Å²) in [4.78, 5) is 12.6. The molecule has 1 atom stereocenters. The van der Waals surface area contributed by atoms with E-state index in [1.54, 1.807) is 0 Å². The molecule has 0 aliphatic rings. The van der Waals surface area contributed by atoms with Gasteiger partial charge < -0.3 is 4.74 Å². The van der Waals surface area contributed by atoms with E-state index < -0.39 is 0 Å². The van der Waals surface area contributed by atoms with Crippen LogP contribution in [0.2, 0.25) is 0 Å². The van der Waals surface area contributed by atoms with E-state index in [0.29, 0.717) is 5.75 Å². The Bertz CT molecular complexity index is 593. The van der Waals surface area contributed by atoms with Crippen molar-refractivity contribution in [3.05, 3.63) is 35.4 Å². The van der Waals surface area contributed by atoms with Gasteiger partial charge in [-0.05, 0) is 68.4 Å². The molecule has 1 rings (SSSR count). The molecule has 0 aromatic heterocycles. The summed E-state index contributed by atoms with van der Waals surface area (Å²) in [5.41, 5.74) is 2.44. The zero-order valence-electron chi connectivity index (χ0n) is 16.9. The van der Waals surface area contributed by atoms with Gasteiger partial charge in [-0.3, -0.25) is 4.79 Å². The van der Waals surface area contributed by atoms with Gasteiger partial charge in [0.1, 0.15) is 5.75 Å². The molecule has 0 radical (unpaired) electrons. The SMILES string of the molecule is CC(=O)Oc1ccc(SCCC(C)CCC=C(C)C)cc1C(C)(C)C. The third-order valence-corrected chi connectivity index (χ3v) is 5.13. The average molecular weight is 363 g/mol. The molecule has 25 heavy (non-hydrogen) atoms. The largest absolute Gasteiger partial charge is 0.426 e. The van der Waals surface area contributed by atoms with Gasteiger partial charge in [-0.15, -0.1) is 11.8 Å². The molecule has 0 bridgehead atoms. The Morgan fingerprint density at radius 1 is 1.20 bits per heavy atom. The monoisotopic (exact) mass is 362 g/mol. The van der Waals surface area contributed by atoms with Crippen LogP contribution in [0.25, 0.3) is 0 Å². The summed E-state index contributed by atoms with van der Waals surface area (Å²) in [7, 11) is 0. The highest BCUT2D eigenvalue weighted by Crippen LogP contribution is 2.35. The van der Waals surface area contributed by atoms with E-state index in [0.717, 1.165) is 17.2 Å². The van der Waals surface area contributed by atoms with Crippen molar-refractivity contribution in [2.45, 2.75) is 78.0 Å². The van der Waals surface area contributed by atoms with Crippen LogP contribution < -0.4 is 4.74 Å². The Balaban J connectivity index is 2.64. The van der Waals surface area contributed by atoms with Crippen LogP contribution in [-0.2, 0) is 10.2 Å². The highest BCUT2D eigenvalue weighted by molar-refractivity contribution is 7.99. The molecule has 0 spiro atoms. The van der Waals surface area contributed by atoms with Gasteiger partial charge >= 0.3 is 5.97 Å². The molecular formula is C22H34O2S. The number of benzene rings is 1. The summed E-state index contributed by atoms with van der Waals surface area (Å²) >= 11 is 1.89. The van der Waals surface area contributed by atoms with E-state index in [4.69, 9.17) is 4.74 Å². The maximum absolute atomic E-state index is 11.3. The summed E-state index contributed by atoms with van der Waals surface area (Å²) < 4.78 is 5.38. The van der Waals surface area contributed by atoms with Crippen molar-refractivity contribution in [1.29, 1.82) is 0 Å². The summed E-state index contributed by atoms with van der Waals surface area (Å²) in [5, 5.41) is 0. The van der Waals surface area contributed by atoms with E-state index >= 15 is 0 Å². The van der Waals surface area contributed by atoms with Gasteiger partial charge in [0.2, 0.25) is 0 Å². The summed E-state index contributed by atoms with van der Waals surface area (Å²) in [6, 6.07) is 6.17. The topological polar surface area (TPSA) is 26.3 Å². The van der Waals surface area contributed by atoms with Gasteiger partial charge in [0.15, 0.2) is 0 Å². The Morgan fingerprint density at radius 2 is 1.88 bits per heavy atom. The number of rotatable bonds is 8. The predicted molar refractivity (Wildman–Crippen MR) is 110 cm³/mol. The lowest BCUT2D eigenvalue weighted by Crippen LogP contribution is -2.15. The molecule has 0 amide bonds. The number of hydrogen-bond donors (Lipinski definition) is 0. The number of thioether (sulfide) groups is 1. The molecule has 0 aliphatic heterocycles. The third-order valence-electron chi connectivity index (χ3n) is 4.10. The van der Waals surface area contributed by atoms with Crippen molar-refractivity contribution in [2.75, 3.05) is 5.75 Å². The molecule has 0 aliphatic carbocycles. The predicted octanol–water partition coefficient (Wildman–Crippen LogP) is 6.77. The third kappa shape index (κ3) is 8.62. The maximum atomic E-state index is 11.3. The maximum Gasteiger partial charge on any atom is 0.308 e. The summed E-state index contributed by atoms with van der Waals surface area (Å²) in [5.74, 6) is 2.27. The van der Waals surface area contributed by atoms with Crippen molar-refractivity contribution in [2.24, 2.45) is 5.92 Å². The van der Waals surface area contributed by atoms with Crippen molar-refractivity contribution >= 4 is 17.7 Å². The fourth-order valence-corrected chi connectivity index (χ4v) is 3.73. The van der Waals surface area contributed by atoms with Crippen LogP contribution in [0.4, 0.5) is 0 Å². The normalized spacial score (nSPS) is 12.6. The Hall–Kier alpha value is -1.22. The first-order chi connectivity index (χ1) is 11.6. The molecule has 0 saturated carbocycles.